The number of rotatable bonds is 6. The zero-order valence-corrected chi connectivity index (χ0v) is 20.0. The van der Waals surface area contributed by atoms with Crippen molar-refractivity contribution in [2.75, 3.05) is 60.6 Å². The zero-order valence-electron chi connectivity index (χ0n) is 19.1. The van der Waals surface area contributed by atoms with E-state index < -0.39 is 20.9 Å². The predicted molar refractivity (Wildman–Crippen MR) is 132 cm³/mol. The molecule has 0 spiro atoms. The van der Waals surface area contributed by atoms with E-state index in [1.54, 1.807) is 24.3 Å². The second-order valence-corrected chi connectivity index (χ2v) is 10.6. The fourth-order valence-electron chi connectivity index (χ4n) is 4.52. The van der Waals surface area contributed by atoms with E-state index in [9.17, 15) is 23.3 Å². The molecule has 0 aliphatic carbocycles. The molecule has 182 valence electrons. The molecule has 2 heterocycles. The second kappa shape index (κ2) is 9.98. The number of nitrogens with one attached hydrogen (secondary N) is 1. The molecule has 1 N–H and O–H groups in total. The highest BCUT2D eigenvalue weighted by Crippen LogP contribution is 2.32. The number of anilines is 3. The van der Waals surface area contributed by atoms with Gasteiger partial charge in [0.2, 0.25) is 10.0 Å². The van der Waals surface area contributed by atoms with Crippen molar-refractivity contribution in [3.63, 3.8) is 0 Å². The highest BCUT2D eigenvalue weighted by atomic mass is 32.2. The van der Waals surface area contributed by atoms with Crippen LogP contribution in [0.15, 0.2) is 42.5 Å². The molecule has 0 unspecified atom stereocenters. The molecule has 2 aromatic rings. The van der Waals surface area contributed by atoms with Gasteiger partial charge in [0, 0.05) is 50.9 Å². The molecular formula is C23H29N5O5S. The number of benzene rings is 2. The maximum Gasteiger partial charge on any atom is 0.293 e. The largest absolute Gasteiger partial charge is 0.367 e. The van der Waals surface area contributed by atoms with Gasteiger partial charge in [-0.2, -0.15) is 4.31 Å². The maximum absolute atomic E-state index is 13.0. The summed E-state index contributed by atoms with van der Waals surface area (Å²) in [5, 5.41) is 14.6. The third-order valence-electron chi connectivity index (χ3n) is 6.33. The first kappa shape index (κ1) is 24.0. The molecule has 0 bridgehead atoms. The number of amides is 1. The van der Waals surface area contributed by atoms with Gasteiger partial charge in [0.1, 0.15) is 5.69 Å². The van der Waals surface area contributed by atoms with Gasteiger partial charge in [-0.1, -0.05) is 12.1 Å². The highest BCUT2D eigenvalue weighted by Gasteiger charge is 2.26. The van der Waals surface area contributed by atoms with Gasteiger partial charge in [-0.25, -0.2) is 8.42 Å². The lowest BCUT2D eigenvalue weighted by molar-refractivity contribution is -0.384. The van der Waals surface area contributed by atoms with Crippen molar-refractivity contribution in [1.29, 1.82) is 0 Å². The summed E-state index contributed by atoms with van der Waals surface area (Å²) < 4.78 is 25.0. The molecule has 10 nitrogen and oxygen atoms in total. The van der Waals surface area contributed by atoms with Crippen LogP contribution in [0.5, 0.6) is 0 Å². The van der Waals surface area contributed by atoms with E-state index in [2.05, 4.69) is 5.32 Å². The smallest absolute Gasteiger partial charge is 0.293 e. The topological polar surface area (TPSA) is 116 Å². The lowest BCUT2D eigenvalue weighted by Crippen LogP contribution is -2.48. The summed E-state index contributed by atoms with van der Waals surface area (Å²) in [6.45, 7) is 3.27. The minimum atomic E-state index is -3.24. The Balaban J connectivity index is 1.52. The normalized spacial score (nSPS) is 17.4. The first-order valence-electron chi connectivity index (χ1n) is 11.4. The molecule has 11 heteroatoms. The van der Waals surface area contributed by atoms with Gasteiger partial charge < -0.3 is 15.1 Å². The van der Waals surface area contributed by atoms with Gasteiger partial charge in [0.05, 0.1) is 22.6 Å². The number of hydrogen-bond donors (Lipinski definition) is 1. The zero-order chi connectivity index (χ0) is 24.3. The number of piperazine rings is 1. The molecule has 2 aromatic carbocycles. The molecule has 0 aromatic heterocycles. The first-order chi connectivity index (χ1) is 16.2. The number of carbonyl (C=O) groups excluding carboxylic acids is 1. The average Bonchev–Trinajstić information content (AvgIpc) is 2.84. The number of para-hydroxylation sites is 2. The summed E-state index contributed by atoms with van der Waals surface area (Å²) in [6, 6.07) is 11.9. The van der Waals surface area contributed by atoms with Crippen LogP contribution in [0, 0.1) is 10.1 Å². The average molecular weight is 488 g/mol. The SMILES string of the molecule is CS(=O)(=O)N1CCN(c2ccccc2NC(=O)c2ccc(N3CCCCC3)c([N+](=O)[O-])c2)CC1. The number of nitrogens with zero attached hydrogens (tertiary/aromatic N) is 4. The molecule has 2 aliphatic heterocycles. The molecule has 34 heavy (non-hydrogen) atoms. The van der Waals surface area contributed by atoms with E-state index in [1.165, 1.54) is 16.6 Å². The van der Waals surface area contributed by atoms with E-state index in [1.807, 2.05) is 21.9 Å². The van der Waals surface area contributed by atoms with Crippen molar-refractivity contribution in [1.82, 2.24) is 4.31 Å². The number of hydrogen-bond acceptors (Lipinski definition) is 7. The minimum absolute atomic E-state index is 0.0697. The summed E-state index contributed by atoms with van der Waals surface area (Å²) in [6.07, 6.45) is 4.31. The fraction of sp³-hybridized carbons (Fsp3) is 0.435. The van der Waals surface area contributed by atoms with E-state index >= 15 is 0 Å². The quantitative estimate of drug-likeness (QED) is 0.492. The Labute approximate surface area is 199 Å². The summed E-state index contributed by atoms with van der Waals surface area (Å²) in [5.74, 6) is -0.435. The first-order valence-corrected chi connectivity index (χ1v) is 13.2. The highest BCUT2D eigenvalue weighted by molar-refractivity contribution is 7.88. The van der Waals surface area contributed by atoms with Crippen LogP contribution in [0.1, 0.15) is 29.6 Å². The van der Waals surface area contributed by atoms with Gasteiger partial charge in [0.15, 0.2) is 0 Å². The third-order valence-corrected chi connectivity index (χ3v) is 7.63. The van der Waals surface area contributed by atoms with Crippen molar-refractivity contribution in [3.05, 3.63) is 58.1 Å². The van der Waals surface area contributed by atoms with Crippen LogP contribution >= 0.6 is 0 Å². The van der Waals surface area contributed by atoms with Crippen molar-refractivity contribution in [3.8, 4) is 0 Å². The summed E-state index contributed by atoms with van der Waals surface area (Å²) in [7, 11) is -3.24. The van der Waals surface area contributed by atoms with E-state index in [4.69, 9.17) is 0 Å². The van der Waals surface area contributed by atoms with Gasteiger partial charge >= 0.3 is 0 Å². The molecule has 1 amide bonds. The lowest BCUT2D eigenvalue weighted by atomic mass is 10.1. The van der Waals surface area contributed by atoms with Crippen LogP contribution in [0.4, 0.5) is 22.7 Å². The maximum atomic E-state index is 13.0. The number of nitro benzene ring substituents is 1. The van der Waals surface area contributed by atoms with Gasteiger partial charge in [-0.05, 0) is 43.5 Å². The van der Waals surface area contributed by atoms with Crippen LogP contribution in [0.2, 0.25) is 0 Å². The Morgan fingerprint density at radius 3 is 2.21 bits per heavy atom. The molecule has 0 radical (unpaired) electrons. The van der Waals surface area contributed by atoms with Crippen LogP contribution in [-0.4, -0.2) is 69.1 Å². The molecule has 0 atom stereocenters. The number of carbonyl (C=O) groups is 1. The Hall–Kier alpha value is -3.18. The molecular weight excluding hydrogens is 458 g/mol. The van der Waals surface area contributed by atoms with Crippen molar-refractivity contribution >= 4 is 38.7 Å². The molecule has 0 saturated carbocycles. The Morgan fingerprint density at radius 2 is 1.56 bits per heavy atom. The number of sulfonamides is 1. The van der Waals surface area contributed by atoms with Gasteiger partial charge in [-0.15, -0.1) is 0 Å². The fourth-order valence-corrected chi connectivity index (χ4v) is 5.35. The van der Waals surface area contributed by atoms with Crippen molar-refractivity contribution in [2.45, 2.75) is 19.3 Å². The molecule has 2 saturated heterocycles. The summed E-state index contributed by atoms with van der Waals surface area (Å²) in [5.41, 5.74) is 2.04. The Bertz CT molecular complexity index is 1170. The van der Waals surface area contributed by atoms with Gasteiger partial charge in [0.25, 0.3) is 11.6 Å². The monoisotopic (exact) mass is 487 g/mol. The standard InChI is InChI=1S/C23H29N5O5S/c1-34(32,33)27-15-13-26(14-16-27)20-8-4-3-7-19(20)24-23(29)18-9-10-21(22(17-18)28(30)31)25-11-5-2-6-12-25/h3-4,7-10,17H,2,5-6,11-16H2,1H3,(H,24,29). The minimum Gasteiger partial charge on any atom is -0.367 e. The summed E-state index contributed by atoms with van der Waals surface area (Å²) >= 11 is 0. The number of nitro groups is 1. The summed E-state index contributed by atoms with van der Waals surface area (Å²) in [4.78, 5) is 28.4. The second-order valence-electron chi connectivity index (χ2n) is 8.63. The lowest BCUT2D eigenvalue weighted by Gasteiger charge is -2.35. The van der Waals surface area contributed by atoms with Crippen molar-refractivity contribution < 1.29 is 18.1 Å². The molecule has 2 fully saturated rings. The third kappa shape index (κ3) is 5.31. The van der Waals surface area contributed by atoms with Crippen LogP contribution in [-0.2, 0) is 10.0 Å². The van der Waals surface area contributed by atoms with E-state index in [-0.39, 0.29) is 11.3 Å². The van der Waals surface area contributed by atoms with E-state index in [0.29, 0.717) is 37.6 Å². The Kier molecular flexibility index (Phi) is 7.03. The Morgan fingerprint density at radius 1 is 0.912 bits per heavy atom. The van der Waals surface area contributed by atoms with Gasteiger partial charge in [-0.3, -0.25) is 14.9 Å². The van der Waals surface area contributed by atoms with Crippen molar-refractivity contribution in [2.24, 2.45) is 0 Å². The van der Waals surface area contributed by atoms with Crippen LogP contribution in [0.25, 0.3) is 0 Å². The predicted octanol–water partition coefficient (Wildman–Crippen LogP) is 2.92. The number of piperidine rings is 1. The van der Waals surface area contributed by atoms with E-state index in [0.717, 1.165) is 38.0 Å². The molecule has 2 aliphatic rings. The molecule has 4 rings (SSSR count). The van der Waals surface area contributed by atoms with Crippen LogP contribution in [0.3, 0.4) is 0 Å². The van der Waals surface area contributed by atoms with Crippen LogP contribution < -0.4 is 15.1 Å².